The van der Waals surface area contributed by atoms with Crippen molar-refractivity contribution in [3.05, 3.63) is 71.8 Å². The van der Waals surface area contributed by atoms with E-state index >= 15 is 0 Å². The van der Waals surface area contributed by atoms with Gasteiger partial charge in [0.2, 0.25) is 0 Å². The van der Waals surface area contributed by atoms with Gasteiger partial charge in [-0.1, -0.05) is 60.7 Å². The highest BCUT2D eigenvalue weighted by Gasteiger charge is 2.45. The second-order valence-corrected chi connectivity index (χ2v) is 6.69. The van der Waals surface area contributed by atoms with Crippen molar-refractivity contribution in [2.45, 2.75) is 37.7 Å². The van der Waals surface area contributed by atoms with Crippen LogP contribution >= 0.6 is 0 Å². The van der Waals surface area contributed by atoms with Crippen LogP contribution in [0.2, 0.25) is 0 Å². The Balaban J connectivity index is 1.66. The maximum atomic E-state index is 12.2. The molecule has 1 aliphatic rings. The molecule has 2 aromatic rings. The second kappa shape index (κ2) is 9.14. The Kier molecular flexibility index (Phi) is 6.39. The number of ether oxygens (including phenoxy) is 1. The van der Waals surface area contributed by atoms with Crippen LogP contribution in [-0.2, 0) is 27.5 Å². The van der Waals surface area contributed by atoms with E-state index in [4.69, 9.17) is 4.74 Å². The molecule has 1 saturated heterocycles. The van der Waals surface area contributed by atoms with Crippen molar-refractivity contribution in [2.75, 3.05) is 0 Å². The Bertz CT molecular complexity index is 812. The normalized spacial score (nSPS) is 21.8. The lowest BCUT2D eigenvalue weighted by Gasteiger charge is -2.26. The molecule has 1 fully saturated rings. The summed E-state index contributed by atoms with van der Waals surface area (Å²) in [7, 11) is 0. The number of amides is 1. The number of nitrogens with one attached hydrogen (secondary N) is 1. The van der Waals surface area contributed by atoms with E-state index in [2.05, 4.69) is 5.32 Å². The fraction of sp³-hybridized carbons (Fsp3) is 0.286. The van der Waals surface area contributed by atoms with E-state index in [9.17, 15) is 19.5 Å². The largest absolute Gasteiger partial charge is 0.480 e. The first kappa shape index (κ1) is 19.6. The Morgan fingerprint density at radius 1 is 1.07 bits per heavy atom. The highest BCUT2D eigenvalue weighted by molar-refractivity contribution is 5.77. The zero-order chi connectivity index (χ0) is 19.9. The Labute approximate surface area is 162 Å². The molecule has 0 aromatic heterocycles. The molecule has 1 heterocycles. The molecule has 2 aromatic carbocycles. The van der Waals surface area contributed by atoms with E-state index in [0.29, 0.717) is 12.8 Å². The van der Waals surface area contributed by atoms with Gasteiger partial charge >= 0.3 is 12.1 Å². The molecule has 0 unspecified atom stereocenters. The van der Waals surface area contributed by atoms with Gasteiger partial charge in [0.15, 0.2) is 0 Å². The molecule has 0 aliphatic carbocycles. The van der Waals surface area contributed by atoms with Crippen molar-refractivity contribution in [3.63, 3.8) is 0 Å². The van der Waals surface area contributed by atoms with Gasteiger partial charge in [-0.2, -0.15) is 0 Å². The van der Waals surface area contributed by atoms with E-state index in [0.717, 1.165) is 11.1 Å². The van der Waals surface area contributed by atoms with Crippen LogP contribution in [0.15, 0.2) is 60.7 Å². The van der Waals surface area contributed by atoms with Crippen molar-refractivity contribution >= 4 is 18.3 Å². The van der Waals surface area contributed by atoms with Crippen LogP contribution in [0.5, 0.6) is 0 Å². The summed E-state index contributed by atoms with van der Waals surface area (Å²) in [5, 5.41) is 12.2. The van der Waals surface area contributed by atoms with Gasteiger partial charge in [-0.05, 0) is 17.5 Å². The molecular weight excluding hydrogens is 360 g/mol. The van der Waals surface area contributed by atoms with Crippen LogP contribution in [0.1, 0.15) is 17.5 Å². The van der Waals surface area contributed by atoms with Gasteiger partial charge in [0.1, 0.15) is 18.9 Å². The predicted molar refractivity (Wildman–Crippen MR) is 101 cm³/mol. The number of likely N-dealkylation sites (tertiary alicyclic amines) is 1. The number of benzene rings is 2. The van der Waals surface area contributed by atoms with Crippen LogP contribution < -0.4 is 5.32 Å². The molecule has 1 amide bonds. The number of hydrogen-bond acceptors (Lipinski definition) is 5. The molecule has 0 spiro atoms. The lowest BCUT2D eigenvalue weighted by Crippen LogP contribution is -2.47. The van der Waals surface area contributed by atoms with Gasteiger partial charge in [0.05, 0.1) is 12.1 Å². The fourth-order valence-corrected chi connectivity index (χ4v) is 3.44. The average molecular weight is 382 g/mol. The number of alkyl carbamates (subject to hydrolysis) is 1. The van der Waals surface area contributed by atoms with Crippen molar-refractivity contribution in [1.29, 1.82) is 0 Å². The van der Waals surface area contributed by atoms with Crippen LogP contribution in [0.3, 0.4) is 0 Å². The van der Waals surface area contributed by atoms with E-state index in [1.165, 1.54) is 0 Å². The molecule has 0 saturated carbocycles. The minimum Gasteiger partial charge on any atom is -0.480 e. The number of carboxylic acids is 1. The number of aldehydes is 1. The van der Waals surface area contributed by atoms with E-state index in [1.807, 2.05) is 60.7 Å². The van der Waals surface area contributed by atoms with Gasteiger partial charge in [-0.25, -0.2) is 4.79 Å². The van der Waals surface area contributed by atoms with Gasteiger partial charge < -0.3 is 20.0 Å². The van der Waals surface area contributed by atoms with E-state index in [1.54, 1.807) is 4.90 Å². The third-order valence-corrected chi connectivity index (χ3v) is 4.82. The summed E-state index contributed by atoms with van der Waals surface area (Å²) in [5.41, 5.74) is 1.73. The van der Waals surface area contributed by atoms with Crippen LogP contribution in [0.25, 0.3) is 0 Å². The summed E-state index contributed by atoms with van der Waals surface area (Å²) >= 11 is 0. The van der Waals surface area contributed by atoms with Crippen molar-refractivity contribution in [1.82, 2.24) is 10.2 Å². The van der Waals surface area contributed by atoms with Crippen LogP contribution in [-0.4, -0.2) is 46.5 Å². The first-order valence-electron chi connectivity index (χ1n) is 9.03. The molecule has 146 valence electrons. The zero-order valence-corrected chi connectivity index (χ0v) is 15.2. The third-order valence-electron chi connectivity index (χ3n) is 4.82. The minimum absolute atomic E-state index is 0.0985. The SMILES string of the molecule is O=C[C@H]1[C@H](NC(=O)OCc2ccccc2)C[C@H](C(=O)O)N1Cc1ccccc1. The summed E-state index contributed by atoms with van der Waals surface area (Å²) in [6.07, 6.45) is 0.145. The number of carboxylic acid groups (broad SMARTS) is 1. The van der Waals surface area contributed by atoms with E-state index < -0.39 is 30.2 Å². The molecule has 7 heteroatoms. The number of aliphatic carboxylic acids is 1. The predicted octanol–water partition coefficient (Wildman–Crippen LogP) is 2.21. The van der Waals surface area contributed by atoms with Crippen LogP contribution in [0, 0.1) is 0 Å². The zero-order valence-electron chi connectivity index (χ0n) is 15.2. The summed E-state index contributed by atoms with van der Waals surface area (Å²) in [6.45, 7) is 0.402. The lowest BCUT2D eigenvalue weighted by molar-refractivity contribution is -0.143. The van der Waals surface area contributed by atoms with Crippen molar-refractivity contribution in [2.24, 2.45) is 0 Å². The van der Waals surface area contributed by atoms with Gasteiger partial charge in [-0.3, -0.25) is 9.69 Å². The molecule has 1 aliphatic heterocycles. The molecular formula is C21H22N2O5. The maximum absolute atomic E-state index is 12.2. The Morgan fingerprint density at radius 2 is 1.68 bits per heavy atom. The van der Waals surface area contributed by atoms with Crippen LogP contribution in [0.4, 0.5) is 4.79 Å². The number of hydrogen-bond donors (Lipinski definition) is 2. The topological polar surface area (TPSA) is 95.9 Å². The first-order valence-corrected chi connectivity index (χ1v) is 9.03. The second-order valence-electron chi connectivity index (χ2n) is 6.69. The summed E-state index contributed by atoms with van der Waals surface area (Å²) < 4.78 is 5.20. The quantitative estimate of drug-likeness (QED) is 0.713. The summed E-state index contributed by atoms with van der Waals surface area (Å²) in [6, 6.07) is 16.3. The molecule has 3 atom stereocenters. The standard InChI is InChI=1S/C21H22N2O5/c24-13-19-17(22-21(27)28-14-16-9-5-2-6-10-16)11-18(20(25)26)23(19)12-15-7-3-1-4-8-15/h1-10,13,17-19H,11-12,14H2,(H,22,27)(H,25,26)/t17-,18-,19+/m1/s1. The highest BCUT2D eigenvalue weighted by Crippen LogP contribution is 2.26. The average Bonchev–Trinajstić information content (AvgIpc) is 3.05. The van der Waals surface area contributed by atoms with E-state index in [-0.39, 0.29) is 13.0 Å². The third kappa shape index (κ3) is 4.75. The lowest BCUT2D eigenvalue weighted by atomic mass is 10.1. The Hall–Kier alpha value is -3.19. The number of carbonyl (C=O) groups excluding carboxylic acids is 2. The summed E-state index contributed by atoms with van der Waals surface area (Å²) in [5.74, 6) is -1.02. The number of nitrogens with zero attached hydrogens (tertiary/aromatic N) is 1. The maximum Gasteiger partial charge on any atom is 0.407 e. The molecule has 7 nitrogen and oxygen atoms in total. The Morgan fingerprint density at radius 3 is 2.25 bits per heavy atom. The van der Waals surface area contributed by atoms with Gasteiger partial charge in [-0.15, -0.1) is 0 Å². The van der Waals surface area contributed by atoms with Gasteiger partial charge in [0, 0.05) is 6.54 Å². The number of carbonyl (C=O) groups is 3. The fourth-order valence-electron chi connectivity index (χ4n) is 3.44. The molecule has 2 N–H and O–H groups in total. The highest BCUT2D eigenvalue weighted by atomic mass is 16.5. The van der Waals surface area contributed by atoms with Gasteiger partial charge in [0.25, 0.3) is 0 Å². The monoisotopic (exact) mass is 382 g/mol. The van der Waals surface area contributed by atoms with Crippen molar-refractivity contribution in [3.8, 4) is 0 Å². The smallest absolute Gasteiger partial charge is 0.407 e. The molecule has 28 heavy (non-hydrogen) atoms. The molecule has 3 rings (SSSR count). The molecule has 0 radical (unpaired) electrons. The van der Waals surface area contributed by atoms with Crippen molar-refractivity contribution < 1.29 is 24.2 Å². The summed E-state index contributed by atoms with van der Waals surface area (Å²) in [4.78, 5) is 37.2. The first-order chi connectivity index (χ1) is 13.6. The molecule has 0 bridgehead atoms. The number of rotatable bonds is 7. The minimum atomic E-state index is -1.02.